The molecule has 0 saturated heterocycles. The molecule has 0 radical (unpaired) electrons. The molecule has 6 nitrogen and oxygen atoms in total. The summed E-state index contributed by atoms with van der Waals surface area (Å²) in [5, 5.41) is 29.2. The highest BCUT2D eigenvalue weighted by atomic mass is 16.6. The van der Waals surface area contributed by atoms with E-state index >= 15 is 0 Å². The number of aliphatic carboxylic acids is 1. The number of nitro groups is 1. The molecule has 1 unspecified atom stereocenters. The van der Waals surface area contributed by atoms with Crippen LogP contribution >= 0.6 is 0 Å². The summed E-state index contributed by atoms with van der Waals surface area (Å²) in [4.78, 5) is 21.0. The Balaban J connectivity index is 3.32. The smallest absolute Gasteiger partial charge is 0.333 e. The van der Waals surface area contributed by atoms with Crippen LogP contribution in [0.25, 0.3) is 0 Å². The molecule has 2 N–H and O–H groups in total. The fraction of sp³-hybridized carbons (Fsp3) is 0.364. The minimum Gasteiger partial charge on any atom is -0.479 e. The Morgan fingerprint density at radius 2 is 1.94 bits per heavy atom. The molecule has 0 bridgehead atoms. The van der Waals surface area contributed by atoms with Crippen molar-refractivity contribution in [3.8, 4) is 0 Å². The molecule has 1 aromatic carbocycles. The average molecular weight is 239 g/mol. The van der Waals surface area contributed by atoms with Gasteiger partial charge >= 0.3 is 5.97 Å². The second-order valence-corrected chi connectivity index (χ2v) is 4.24. The number of carbonyl (C=O) groups is 1. The monoisotopic (exact) mass is 239 g/mol. The van der Waals surface area contributed by atoms with E-state index in [9.17, 15) is 20.0 Å². The van der Waals surface area contributed by atoms with Crippen molar-refractivity contribution >= 4 is 11.7 Å². The van der Waals surface area contributed by atoms with Gasteiger partial charge in [-0.25, -0.2) is 4.79 Å². The second kappa shape index (κ2) is 4.50. The normalized spacial score (nSPS) is 13.1. The number of hydrogen-bond donors (Lipinski definition) is 2. The molecule has 0 heterocycles. The van der Waals surface area contributed by atoms with Crippen molar-refractivity contribution in [2.45, 2.75) is 25.4 Å². The Kier molecular flexibility index (Phi) is 3.47. The predicted octanol–water partition coefficient (Wildman–Crippen LogP) is 1.32. The largest absolute Gasteiger partial charge is 0.479 e. The standard InChI is InChI=1S/C11H13NO5/c1-11(2,9(13)10(14)15)7-5-3-4-6-8(7)12(16)17/h3-6,9,13H,1-2H3,(H,14,15). The van der Waals surface area contributed by atoms with Crippen molar-refractivity contribution in [1.82, 2.24) is 0 Å². The Bertz CT molecular complexity index is 455. The van der Waals surface area contributed by atoms with Gasteiger partial charge in [0.05, 0.1) is 4.92 Å². The molecule has 0 amide bonds. The predicted molar refractivity (Wildman–Crippen MR) is 59.8 cm³/mol. The van der Waals surface area contributed by atoms with Crippen LogP contribution in [0, 0.1) is 10.1 Å². The number of benzene rings is 1. The van der Waals surface area contributed by atoms with Gasteiger partial charge in [-0.05, 0) is 0 Å². The van der Waals surface area contributed by atoms with Crippen LogP contribution in [-0.4, -0.2) is 27.2 Å². The number of aliphatic hydroxyl groups excluding tert-OH is 1. The molecule has 6 heteroatoms. The summed E-state index contributed by atoms with van der Waals surface area (Å²) >= 11 is 0. The number of aliphatic hydroxyl groups is 1. The topological polar surface area (TPSA) is 101 Å². The van der Waals surface area contributed by atoms with E-state index in [1.54, 1.807) is 6.07 Å². The van der Waals surface area contributed by atoms with Crippen LogP contribution in [0.3, 0.4) is 0 Å². The van der Waals surface area contributed by atoms with Crippen LogP contribution in [0.1, 0.15) is 19.4 Å². The van der Waals surface area contributed by atoms with Crippen LogP contribution in [-0.2, 0) is 10.2 Å². The van der Waals surface area contributed by atoms with Gasteiger partial charge in [0.15, 0.2) is 6.10 Å². The highest BCUT2D eigenvalue weighted by Crippen LogP contribution is 2.34. The van der Waals surface area contributed by atoms with Crippen molar-refractivity contribution in [2.24, 2.45) is 0 Å². The van der Waals surface area contributed by atoms with Crippen LogP contribution in [0.5, 0.6) is 0 Å². The van der Waals surface area contributed by atoms with E-state index in [1.165, 1.54) is 32.0 Å². The van der Waals surface area contributed by atoms with E-state index in [-0.39, 0.29) is 11.3 Å². The molecule has 0 aliphatic rings. The fourth-order valence-corrected chi connectivity index (χ4v) is 1.63. The number of para-hydroxylation sites is 1. The van der Waals surface area contributed by atoms with Crippen LogP contribution in [0.4, 0.5) is 5.69 Å². The number of nitro benzene ring substituents is 1. The molecule has 1 atom stereocenters. The first-order valence-corrected chi connectivity index (χ1v) is 4.93. The van der Waals surface area contributed by atoms with Gasteiger partial charge < -0.3 is 10.2 Å². The van der Waals surface area contributed by atoms with E-state index in [0.717, 1.165) is 0 Å². The quantitative estimate of drug-likeness (QED) is 0.609. The second-order valence-electron chi connectivity index (χ2n) is 4.24. The van der Waals surface area contributed by atoms with Gasteiger partial charge in [0.2, 0.25) is 0 Å². The fourth-order valence-electron chi connectivity index (χ4n) is 1.63. The molecule has 0 aromatic heterocycles. The van der Waals surface area contributed by atoms with Gasteiger partial charge in [0.1, 0.15) is 0 Å². The van der Waals surface area contributed by atoms with Crippen molar-refractivity contribution < 1.29 is 19.9 Å². The Hall–Kier alpha value is -1.95. The molecule has 1 aromatic rings. The average Bonchev–Trinajstić information content (AvgIpc) is 2.27. The maximum absolute atomic E-state index is 10.8. The first-order valence-electron chi connectivity index (χ1n) is 4.93. The Morgan fingerprint density at radius 3 is 2.41 bits per heavy atom. The number of carboxylic acid groups (broad SMARTS) is 1. The van der Waals surface area contributed by atoms with Crippen LogP contribution in [0.2, 0.25) is 0 Å². The van der Waals surface area contributed by atoms with Gasteiger partial charge in [0, 0.05) is 17.0 Å². The molecule has 17 heavy (non-hydrogen) atoms. The van der Waals surface area contributed by atoms with Crippen molar-refractivity contribution in [3.63, 3.8) is 0 Å². The van der Waals surface area contributed by atoms with Crippen LogP contribution in [0.15, 0.2) is 24.3 Å². The van der Waals surface area contributed by atoms with Gasteiger partial charge in [0.25, 0.3) is 5.69 Å². The maximum Gasteiger partial charge on any atom is 0.333 e. The summed E-state index contributed by atoms with van der Waals surface area (Å²) in [5.74, 6) is -1.41. The lowest BCUT2D eigenvalue weighted by atomic mass is 9.78. The third-order valence-electron chi connectivity index (χ3n) is 2.71. The molecule has 0 aliphatic heterocycles. The minimum atomic E-state index is -1.71. The first kappa shape index (κ1) is 13.1. The van der Waals surface area contributed by atoms with Crippen molar-refractivity contribution in [3.05, 3.63) is 39.9 Å². The Morgan fingerprint density at radius 1 is 1.41 bits per heavy atom. The third-order valence-corrected chi connectivity index (χ3v) is 2.71. The maximum atomic E-state index is 10.8. The van der Waals surface area contributed by atoms with Gasteiger partial charge in [-0.2, -0.15) is 0 Å². The van der Waals surface area contributed by atoms with Crippen LogP contribution < -0.4 is 0 Å². The molecule has 92 valence electrons. The van der Waals surface area contributed by atoms with E-state index in [4.69, 9.17) is 5.11 Å². The minimum absolute atomic E-state index is 0.194. The summed E-state index contributed by atoms with van der Waals surface area (Å²) in [6.45, 7) is 2.90. The zero-order valence-corrected chi connectivity index (χ0v) is 9.45. The Labute approximate surface area is 97.7 Å². The van der Waals surface area contributed by atoms with Gasteiger partial charge in [-0.1, -0.05) is 32.0 Å². The van der Waals surface area contributed by atoms with E-state index in [0.29, 0.717) is 0 Å². The van der Waals surface area contributed by atoms with E-state index in [1.807, 2.05) is 0 Å². The van der Waals surface area contributed by atoms with E-state index in [2.05, 4.69) is 0 Å². The highest BCUT2D eigenvalue weighted by Gasteiger charge is 2.39. The first-order chi connectivity index (χ1) is 7.78. The lowest BCUT2D eigenvalue weighted by Crippen LogP contribution is -2.40. The number of nitrogens with zero attached hydrogens (tertiary/aromatic N) is 1. The van der Waals surface area contributed by atoms with Gasteiger partial charge in [-0.3, -0.25) is 10.1 Å². The summed E-state index contributed by atoms with van der Waals surface area (Å²) in [5.41, 5.74) is -1.24. The lowest BCUT2D eigenvalue weighted by Gasteiger charge is -2.27. The SMILES string of the molecule is CC(C)(c1ccccc1[N+](=O)[O-])C(O)C(=O)O. The molecule has 0 aliphatic carbocycles. The lowest BCUT2D eigenvalue weighted by molar-refractivity contribution is -0.386. The molecular formula is C11H13NO5. The third kappa shape index (κ3) is 2.42. The number of rotatable bonds is 4. The van der Waals surface area contributed by atoms with Crippen molar-refractivity contribution in [1.29, 1.82) is 0 Å². The highest BCUT2D eigenvalue weighted by molar-refractivity contribution is 5.75. The molecule has 1 rings (SSSR count). The number of carboxylic acids is 1. The molecule has 0 spiro atoms. The summed E-state index contributed by atoms with van der Waals surface area (Å²) in [7, 11) is 0. The number of hydrogen-bond acceptors (Lipinski definition) is 4. The van der Waals surface area contributed by atoms with E-state index < -0.39 is 22.4 Å². The summed E-state index contributed by atoms with van der Waals surface area (Å²) in [6, 6.07) is 5.79. The summed E-state index contributed by atoms with van der Waals surface area (Å²) in [6.07, 6.45) is -1.71. The zero-order chi connectivity index (χ0) is 13.2. The van der Waals surface area contributed by atoms with Gasteiger partial charge in [-0.15, -0.1) is 0 Å². The molecule has 0 saturated carbocycles. The zero-order valence-electron chi connectivity index (χ0n) is 9.45. The summed E-state index contributed by atoms with van der Waals surface area (Å²) < 4.78 is 0. The molecule has 0 fully saturated rings. The molecular weight excluding hydrogens is 226 g/mol. The van der Waals surface area contributed by atoms with Crippen molar-refractivity contribution in [2.75, 3.05) is 0 Å².